The van der Waals surface area contributed by atoms with Gasteiger partial charge in [-0.25, -0.2) is 0 Å². The van der Waals surface area contributed by atoms with Gasteiger partial charge in [0.25, 0.3) is 0 Å². The standard InChI is InChI=1S/C60H41N/c1-2-15-49(16-3-1)60-58-22-9-7-14-46(58)34-39-59(60)48-32-37-54(38-33-48)61(55-20-10-19-51(41-55)52-29-26-42-12-4-5-17-50(42)40-52)53-35-30-44(31-36-53)43-24-27-47(28-25-43)57-23-11-18-45-13-6-8-21-56(45)57/h1-41H. The highest BCUT2D eigenvalue weighted by Gasteiger charge is 2.17. The summed E-state index contributed by atoms with van der Waals surface area (Å²) < 4.78 is 0. The van der Waals surface area contributed by atoms with Crippen LogP contribution >= 0.6 is 0 Å². The Bertz CT molecular complexity index is 3320. The van der Waals surface area contributed by atoms with Crippen molar-refractivity contribution in [2.24, 2.45) is 0 Å². The lowest BCUT2D eigenvalue weighted by atomic mass is 9.90. The molecule has 0 aliphatic rings. The van der Waals surface area contributed by atoms with Crippen molar-refractivity contribution in [2.75, 3.05) is 4.90 Å². The second kappa shape index (κ2) is 15.6. The third-order valence-electron chi connectivity index (χ3n) is 12.1. The van der Waals surface area contributed by atoms with Crippen LogP contribution in [0.25, 0.3) is 88.0 Å². The molecule has 11 aromatic carbocycles. The van der Waals surface area contributed by atoms with Gasteiger partial charge >= 0.3 is 0 Å². The van der Waals surface area contributed by atoms with Crippen molar-refractivity contribution in [2.45, 2.75) is 0 Å². The fourth-order valence-electron chi connectivity index (χ4n) is 8.98. The summed E-state index contributed by atoms with van der Waals surface area (Å²) in [7, 11) is 0. The molecule has 0 heterocycles. The SMILES string of the molecule is c1ccc(-c2c(-c3ccc(N(c4ccc(-c5ccc(-c6cccc7ccccc67)cc5)cc4)c4cccc(-c5ccc6ccccc6c5)c4)cc3)ccc3ccccc23)cc1. The van der Waals surface area contributed by atoms with Crippen molar-refractivity contribution in [3.63, 3.8) is 0 Å². The van der Waals surface area contributed by atoms with Crippen molar-refractivity contribution >= 4 is 49.4 Å². The minimum Gasteiger partial charge on any atom is -0.310 e. The Balaban J connectivity index is 0.980. The zero-order chi connectivity index (χ0) is 40.5. The van der Waals surface area contributed by atoms with Crippen molar-refractivity contribution < 1.29 is 0 Å². The summed E-state index contributed by atoms with van der Waals surface area (Å²) in [6.07, 6.45) is 0. The molecule has 0 saturated carbocycles. The number of nitrogens with zero attached hydrogens (tertiary/aromatic N) is 1. The molecule has 286 valence electrons. The van der Waals surface area contributed by atoms with Gasteiger partial charge in [-0.05, 0) is 130 Å². The smallest absolute Gasteiger partial charge is 0.0467 e. The average molecular weight is 776 g/mol. The van der Waals surface area contributed by atoms with E-state index in [9.17, 15) is 0 Å². The highest BCUT2D eigenvalue weighted by molar-refractivity contribution is 6.04. The van der Waals surface area contributed by atoms with E-state index < -0.39 is 0 Å². The number of benzene rings is 11. The Kier molecular flexibility index (Phi) is 9.26. The molecule has 0 aliphatic heterocycles. The molecule has 0 aromatic heterocycles. The second-order valence-electron chi connectivity index (χ2n) is 15.7. The Labute approximate surface area is 357 Å². The van der Waals surface area contributed by atoms with Gasteiger partial charge in [0, 0.05) is 17.1 Å². The van der Waals surface area contributed by atoms with E-state index in [1.54, 1.807) is 0 Å². The molecule has 11 aromatic rings. The van der Waals surface area contributed by atoms with Gasteiger partial charge in [0.15, 0.2) is 0 Å². The van der Waals surface area contributed by atoms with Gasteiger partial charge in [0.1, 0.15) is 0 Å². The number of hydrogen-bond donors (Lipinski definition) is 0. The molecule has 0 spiro atoms. The zero-order valence-electron chi connectivity index (χ0n) is 33.6. The molecular formula is C60H41N. The largest absolute Gasteiger partial charge is 0.310 e. The van der Waals surface area contributed by atoms with Gasteiger partial charge in [0.2, 0.25) is 0 Å². The normalized spacial score (nSPS) is 11.3. The van der Waals surface area contributed by atoms with Crippen LogP contribution in [0.5, 0.6) is 0 Å². The maximum Gasteiger partial charge on any atom is 0.0467 e. The zero-order valence-corrected chi connectivity index (χ0v) is 33.6. The van der Waals surface area contributed by atoms with Crippen molar-refractivity contribution in [1.29, 1.82) is 0 Å². The summed E-state index contributed by atoms with van der Waals surface area (Å²) in [5.41, 5.74) is 15.4. The van der Waals surface area contributed by atoms with Gasteiger partial charge < -0.3 is 4.90 Å². The van der Waals surface area contributed by atoms with Crippen LogP contribution in [0.4, 0.5) is 17.1 Å². The highest BCUT2D eigenvalue weighted by Crippen LogP contribution is 2.42. The average Bonchev–Trinajstić information content (AvgIpc) is 3.34. The molecule has 0 radical (unpaired) electrons. The first kappa shape index (κ1) is 36.1. The fourth-order valence-corrected chi connectivity index (χ4v) is 8.98. The number of rotatable bonds is 8. The molecule has 0 amide bonds. The van der Waals surface area contributed by atoms with Crippen LogP contribution < -0.4 is 4.90 Å². The van der Waals surface area contributed by atoms with E-state index >= 15 is 0 Å². The summed E-state index contributed by atoms with van der Waals surface area (Å²) in [5.74, 6) is 0. The quantitative estimate of drug-likeness (QED) is 0.149. The Hall–Kier alpha value is -8.00. The molecule has 0 bridgehead atoms. The lowest BCUT2D eigenvalue weighted by Gasteiger charge is -2.26. The molecule has 61 heavy (non-hydrogen) atoms. The summed E-state index contributed by atoms with van der Waals surface area (Å²) in [6, 6.07) is 90.4. The number of anilines is 3. The minimum atomic E-state index is 1.09. The Morgan fingerprint density at radius 2 is 0.689 bits per heavy atom. The van der Waals surface area contributed by atoms with E-state index in [4.69, 9.17) is 0 Å². The first-order valence-corrected chi connectivity index (χ1v) is 21.0. The predicted octanol–water partition coefficient (Wildman–Crippen LogP) is 17.0. The molecule has 0 unspecified atom stereocenters. The predicted molar refractivity (Wildman–Crippen MR) is 261 cm³/mol. The second-order valence-corrected chi connectivity index (χ2v) is 15.7. The first-order valence-electron chi connectivity index (χ1n) is 21.0. The summed E-state index contributed by atoms with van der Waals surface area (Å²) >= 11 is 0. The van der Waals surface area contributed by atoms with Crippen LogP contribution in [0, 0.1) is 0 Å². The monoisotopic (exact) mass is 775 g/mol. The molecule has 1 heteroatoms. The maximum absolute atomic E-state index is 2.38. The third kappa shape index (κ3) is 6.93. The van der Waals surface area contributed by atoms with E-state index in [2.05, 4.69) is 254 Å². The first-order chi connectivity index (χ1) is 30.2. The van der Waals surface area contributed by atoms with E-state index in [1.807, 2.05) is 0 Å². The van der Waals surface area contributed by atoms with Crippen LogP contribution in [0.15, 0.2) is 249 Å². The third-order valence-corrected chi connectivity index (χ3v) is 12.1. The van der Waals surface area contributed by atoms with Crippen LogP contribution in [0.1, 0.15) is 0 Å². The summed E-state index contributed by atoms with van der Waals surface area (Å²) in [5, 5.41) is 7.51. The lowest BCUT2D eigenvalue weighted by molar-refractivity contribution is 1.28. The summed E-state index contributed by atoms with van der Waals surface area (Å²) in [6.45, 7) is 0. The minimum absolute atomic E-state index is 1.09. The van der Waals surface area contributed by atoms with Gasteiger partial charge in [-0.3, -0.25) is 0 Å². The van der Waals surface area contributed by atoms with Gasteiger partial charge in [-0.15, -0.1) is 0 Å². The Morgan fingerprint density at radius 3 is 1.43 bits per heavy atom. The molecule has 0 fully saturated rings. The van der Waals surface area contributed by atoms with Crippen LogP contribution in [0.2, 0.25) is 0 Å². The molecule has 0 atom stereocenters. The van der Waals surface area contributed by atoms with E-state index in [0.29, 0.717) is 0 Å². The van der Waals surface area contributed by atoms with Crippen LogP contribution in [0.3, 0.4) is 0 Å². The van der Waals surface area contributed by atoms with Crippen LogP contribution in [-0.2, 0) is 0 Å². The van der Waals surface area contributed by atoms with E-state index in [0.717, 1.165) is 17.1 Å². The van der Waals surface area contributed by atoms with Crippen LogP contribution in [-0.4, -0.2) is 0 Å². The molecule has 0 N–H and O–H groups in total. The van der Waals surface area contributed by atoms with Crippen molar-refractivity contribution in [3.05, 3.63) is 249 Å². The van der Waals surface area contributed by atoms with Crippen molar-refractivity contribution in [3.8, 4) is 55.6 Å². The number of fused-ring (bicyclic) bond motifs is 3. The summed E-state index contributed by atoms with van der Waals surface area (Å²) in [4.78, 5) is 2.38. The highest BCUT2D eigenvalue weighted by atomic mass is 15.1. The molecule has 11 rings (SSSR count). The van der Waals surface area contributed by atoms with Gasteiger partial charge in [-0.1, -0.05) is 206 Å². The molecule has 1 nitrogen and oxygen atoms in total. The lowest BCUT2D eigenvalue weighted by Crippen LogP contribution is -2.10. The maximum atomic E-state index is 2.38. The molecular weight excluding hydrogens is 735 g/mol. The topological polar surface area (TPSA) is 3.24 Å². The Morgan fingerprint density at radius 1 is 0.213 bits per heavy atom. The van der Waals surface area contributed by atoms with Crippen molar-refractivity contribution in [1.82, 2.24) is 0 Å². The molecule has 0 saturated heterocycles. The van der Waals surface area contributed by atoms with Gasteiger partial charge in [0.05, 0.1) is 0 Å². The number of hydrogen-bond acceptors (Lipinski definition) is 1. The van der Waals surface area contributed by atoms with Gasteiger partial charge in [-0.2, -0.15) is 0 Å². The van der Waals surface area contributed by atoms with E-state index in [1.165, 1.54) is 88.0 Å². The van der Waals surface area contributed by atoms with E-state index in [-0.39, 0.29) is 0 Å². The molecule has 0 aliphatic carbocycles. The fraction of sp³-hybridized carbons (Fsp3) is 0.